The van der Waals surface area contributed by atoms with Gasteiger partial charge in [-0.2, -0.15) is 0 Å². The fourth-order valence-electron chi connectivity index (χ4n) is 3.50. The van der Waals surface area contributed by atoms with Crippen LogP contribution in [0, 0.1) is 13.2 Å². The third-order valence-electron chi connectivity index (χ3n) is 5.08. The first-order chi connectivity index (χ1) is 14.0. The van der Waals surface area contributed by atoms with E-state index >= 15 is 0 Å². The monoisotopic (exact) mass is 515 g/mol. The van der Waals surface area contributed by atoms with E-state index in [0.29, 0.717) is 29.1 Å². The van der Waals surface area contributed by atoms with Gasteiger partial charge in [0.05, 0.1) is 17.1 Å². The van der Waals surface area contributed by atoms with Gasteiger partial charge in [0, 0.05) is 57.2 Å². The number of nitrogens with one attached hydrogen (secondary N) is 1. The van der Waals surface area contributed by atoms with Crippen molar-refractivity contribution in [3.05, 3.63) is 71.8 Å². The zero-order valence-corrected chi connectivity index (χ0v) is 21.0. The van der Waals surface area contributed by atoms with Crippen molar-refractivity contribution in [1.82, 2.24) is 19.1 Å². The summed E-state index contributed by atoms with van der Waals surface area (Å²) in [7, 11) is 0. The predicted octanol–water partition coefficient (Wildman–Crippen LogP) is 4.85. The standard InChI is InChI=1S/C21H24FN6O.CH4.CH3.Y/c1-14(2)27-13-19(28(21(27)29)17-5-3-15(22)4-6-17)18-9-12-24-20(26-18)25-16-7-10-23-11-8-16;;;/h3-6,9,12-14,16H,7-8,10-11H2,1-2H3,(H,24,25,26);1H4;1H3;/q-1;;-1;. The van der Waals surface area contributed by atoms with E-state index in [1.165, 1.54) is 12.1 Å². The molecule has 1 fully saturated rings. The van der Waals surface area contributed by atoms with Crippen molar-refractivity contribution in [2.75, 3.05) is 18.4 Å². The topological polar surface area (TPSA) is 78.8 Å². The molecule has 2 aromatic heterocycles. The maximum absolute atomic E-state index is 13.4. The van der Waals surface area contributed by atoms with Gasteiger partial charge < -0.3 is 18.1 Å². The first-order valence-corrected chi connectivity index (χ1v) is 9.86. The van der Waals surface area contributed by atoms with Gasteiger partial charge in [-0.25, -0.2) is 19.2 Å². The number of hydrogen-bond acceptors (Lipinski definition) is 4. The Morgan fingerprint density at radius 3 is 2.44 bits per heavy atom. The molecule has 1 saturated heterocycles. The molecule has 32 heavy (non-hydrogen) atoms. The van der Waals surface area contributed by atoms with E-state index < -0.39 is 0 Å². The Hall–Kier alpha value is -1.90. The summed E-state index contributed by atoms with van der Waals surface area (Å²) >= 11 is 0. The van der Waals surface area contributed by atoms with Crippen LogP contribution in [-0.4, -0.2) is 38.2 Å². The molecule has 0 aliphatic carbocycles. The smallest absolute Gasteiger partial charge is 0.333 e. The largest absolute Gasteiger partial charge is 0.662 e. The Kier molecular flexibility index (Phi) is 10.9. The molecule has 3 aromatic rings. The minimum absolute atomic E-state index is 0. The molecule has 9 heteroatoms. The van der Waals surface area contributed by atoms with E-state index in [1.807, 2.05) is 13.8 Å². The van der Waals surface area contributed by atoms with Crippen LogP contribution in [0.25, 0.3) is 22.4 Å². The second-order valence-corrected chi connectivity index (χ2v) is 7.46. The molecule has 1 aliphatic heterocycles. The Balaban J connectivity index is 0.00000171. The second kappa shape index (κ2) is 12.4. The van der Waals surface area contributed by atoms with Crippen molar-refractivity contribution < 1.29 is 37.1 Å². The number of halogens is 1. The van der Waals surface area contributed by atoms with Crippen LogP contribution < -0.4 is 11.0 Å². The van der Waals surface area contributed by atoms with Crippen LogP contribution >= 0.6 is 0 Å². The number of imidazole rings is 1. The molecular weight excluding hydrogens is 484 g/mol. The summed E-state index contributed by atoms with van der Waals surface area (Å²) in [6.45, 7) is 5.58. The van der Waals surface area contributed by atoms with Crippen LogP contribution in [0.3, 0.4) is 0 Å². The van der Waals surface area contributed by atoms with E-state index in [4.69, 9.17) is 0 Å². The fraction of sp³-hybridized carbons (Fsp3) is 0.391. The number of anilines is 1. The van der Waals surface area contributed by atoms with Gasteiger partial charge >= 0.3 is 5.69 Å². The molecule has 1 N–H and O–H groups in total. The van der Waals surface area contributed by atoms with Crippen LogP contribution in [0.2, 0.25) is 0 Å². The summed E-state index contributed by atoms with van der Waals surface area (Å²) < 4.78 is 16.6. The molecule has 4 rings (SSSR count). The number of hydrogen-bond donors (Lipinski definition) is 1. The van der Waals surface area contributed by atoms with Crippen LogP contribution in [0.15, 0.2) is 47.5 Å². The van der Waals surface area contributed by atoms with E-state index in [-0.39, 0.29) is 65.1 Å². The predicted molar refractivity (Wildman–Crippen MR) is 124 cm³/mol. The number of rotatable bonds is 5. The van der Waals surface area contributed by atoms with Gasteiger partial charge in [-0.05, 0) is 44.2 Å². The molecule has 1 aromatic carbocycles. The molecule has 1 aliphatic rings. The van der Waals surface area contributed by atoms with E-state index in [2.05, 4.69) is 20.6 Å². The Labute approximate surface area is 214 Å². The number of nitrogens with zero attached hydrogens (tertiary/aromatic N) is 5. The molecule has 7 nitrogen and oxygen atoms in total. The third-order valence-corrected chi connectivity index (χ3v) is 5.08. The van der Waals surface area contributed by atoms with Gasteiger partial charge in [0.1, 0.15) is 5.82 Å². The molecule has 0 bridgehead atoms. The first-order valence-electron chi connectivity index (χ1n) is 9.86. The molecule has 0 saturated carbocycles. The average Bonchev–Trinajstić information content (AvgIpc) is 3.07. The first kappa shape index (κ1) is 28.1. The van der Waals surface area contributed by atoms with Gasteiger partial charge in [0.15, 0.2) is 0 Å². The quantitative estimate of drug-likeness (QED) is 0.493. The van der Waals surface area contributed by atoms with Crippen LogP contribution in [0.4, 0.5) is 10.3 Å². The van der Waals surface area contributed by atoms with Crippen molar-refractivity contribution >= 4 is 5.95 Å². The zero-order valence-electron chi connectivity index (χ0n) is 18.1. The molecular formula is C23H31FN6OY-2. The number of benzene rings is 1. The van der Waals surface area contributed by atoms with Crippen molar-refractivity contribution in [1.29, 1.82) is 0 Å². The van der Waals surface area contributed by atoms with Crippen molar-refractivity contribution in [3.8, 4) is 17.1 Å². The second-order valence-electron chi connectivity index (χ2n) is 7.46. The van der Waals surface area contributed by atoms with Crippen LogP contribution in [0.1, 0.15) is 40.2 Å². The maximum Gasteiger partial charge on any atom is 0.333 e. The Bertz CT molecular complexity index is 1040. The zero-order chi connectivity index (χ0) is 20.4. The molecule has 0 unspecified atom stereocenters. The van der Waals surface area contributed by atoms with Crippen LogP contribution in [0.5, 0.6) is 0 Å². The third kappa shape index (κ3) is 6.12. The Morgan fingerprint density at radius 1 is 1.16 bits per heavy atom. The van der Waals surface area contributed by atoms with E-state index in [0.717, 1.165) is 25.9 Å². The van der Waals surface area contributed by atoms with E-state index in [9.17, 15) is 9.18 Å². The van der Waals surface area contributed by atoms with Gasteiger partial charge in [-0.15, -0.1) is 13.1 Å². The minimum Gasteiger partial charge on any atom is -0.662 e. The summed E-state index contributed by atoms with van der Waals surface area (Å²) in [5.41, 5.74) is 1.67. The number of piperidine rings is 1. The van der Waals surface area contributed by atoms with E-state index in [1.54, 1.807) is 39.7 Å². The summed E-state index contributed by atoms with van der Waals surface area (Å²) in [5, 5.41) is 7.74. The summed E-state index contributed by atoms with van der Waals surface area (Å²) in [6, 6.07) is 7.93. The van der Waals surface area contributed by atoms with Gasteiger partial charge in [-0.3, -0.25) is 9.13 Å². The molecule has 3 heterocycles. The molecule has 0 atom stereocenters. The SMILES string of the molecule is C.CC(C)n1cc(-c2ccnc(NC3CC[N-]CC3)n2)n(-c2ccc(F)cc2)c1=O.[CH3-].[Y]. The fourth-order valence-corrected chi connectivity index (χ4v) is 3.50. The normalized spacial score (nSPS) is 13.6. The van der Waals surface area contributed by atoms with Crippen molar-refractivity contribution in [2.45, 2.75) is 46.2 Å². The molecule has 0 amide bonds. The minimum atomic E-state index is -0.348. The Morgan fingerprint density at radius 2 is 1.81 bits per heavy atom. The van der Waals surface area contributed by atoms with Crippen molar-refractivity contribution in [2.24, 2.45) is 0 Å². The van der Waals surface area contributed by atoms with Gasteiger partial charge in [-0.1, -0.05) is 20.3 Å². The molecule has 171 valence electrons. The molecule has 1 radical (unpaired) electrons. The average molecular weight is 515 g/mol. The maximum atomic E-state index is 13.4. The summed E-state index contributed by atoms with van der Waals surface area (Å²) in [5.74, 6) is 0.184. The van der Waals surface area contributed by atoms with Gasteiger partial charge in [0.25, 0.3) is 0 Å². The molecule has 0 spiro atoms. The van der Waals surface area contributed by atoms with Gasteiger partial charge in [0.2, 0.25) is 5.95 Å². The van der Waals surface area contributed by atoms with Crippen molar-refractivity contribution in [3.63, 3.8) is 0 Å². The number of aromatic nitrogens is 4. The summed E-state index contributed by atoms with van der Waals surface area (Å²) in [4.78, 5) is 22.0. The van der Waals surface area contributed by atoms with Crippen LogP contribution in [-0.2, 0) is 32.7 Å². The summed E-state index contributed by atoms with van der Waals surface area (Å²) in [6.07, 6.45) is 5.39.